The molecule has 2 fully saturated rings. The van der Waals surface area contributed by atoms with E-state index in [1.807, 2.05) is 23.2 Å². The summed E-state index contributed by atoms with van der Waals surface area (Å²) in [4.78, 5) is 32.5. The Labute approximate surface area is 205 Å². The molecule has 2 amide bonds. The number of fused-ring (bicyclic) bond motifs is 4. The number of carbonyl (C=O) groups is 2. The van der Waals surface area contributed by atoms with Crippen molar-refractivity contribution in [3.63, 3.8) is 0 Å². The van der Waals surface area contributed by atoms with Crippen molar-refractivity contribution >= 4 is 23.0 Å². The molecule has 0 radical (unpaired) electrons. The van der Waals surface area contributed by atoms with Crippen LogP contribution in [0.5, 0.6) is 0 Å². The monoisotopic (exact) mass is 474 g/mol. The van der Waals surface area contributed by atoms with Gasteiger partial charge in [0.25, 0.3) is 5.91 Å². The summed E-state index contributed by atoms with van der Waals surface area (Å²) in [5, 5.41) is 7.70. The molecule has 35 heavy (non-hydrogen) atoms. The molecule has 8 heteroatoms. The van der Waals surface area contributed by atoms with Gasteiger partial charge in [-0.2, -0.15) is 5.10 Å². The van der Waals surface area contributed by atoms with Gasteiger partial charge in [-0.25, -0.2) is 9.50 Å². The molecule has 1 aliphatic heterocycles. The second kappa shape index (κ2) is 8.81. The Morgan fingerprint density at radius 2 is 2.17 bits per heavy atom. The van der Waals surface area contributed by atoms with Crippen molar-refractivity contribution in [3.8, 4) is 0 Å². The molecule has 0 saturated heterocycles. The lowest BCUT2D eigenvalue weighted by Crippen LogP contribution is -2.39. The van der Waals surface area contributed by atoms with Crippen molar-refractivity contribution in [3.05, 3.63) is 48.3 Å². The summed E-state index contributed by atoms with van der Waals surface area (Å²) < 4.78 is 3.77. The van der Waals surface area contributed by atoms with Crippen LogP contribution in [0.1, 0.15) is 74.5 Å². The SMILES string of the molecule is CCC1CC2CCCC(CC(=O)Nc3cccn4nc(C(=O)N5CCn6cncc6C5)cc34)(C1)C2. The number of anilines is 1. The fraction of sp³-hybridized carbons (Fsp3) is 0.556. The summed E-state index contributed by atoms with van der Waals surface area (Å²) in [7, 11) is 0. The third-order valence-electron chi connectivity index (χ3n) is 8.59. The van der Waals surface area contributed by atoms with Gasteiger partial charge in [-0.3, -0.25) is 9.59 Å². The molecule has 1 N–H and O–H groups in total. The maximum atomic E-state index is 13.3. The van der Waals surface area contributed by atoms with Crippen LogP contribution in [0, 0.1) is 17.3 Å². The molecular formula is C27H34N6O2. The zero-order chi connectivity index (χ0) is 24.0. The summed E-state index contributed by atoms with van der Waals surface area (Å²) in [6, 6.07) is 5.57. The van der Waals surface area contributed by atoms with Crippen molar-refractivity contribution in [2.75, 3.05) is 11.9 Å². The Bertz CT molecular complexity index is 1260. The molecule has 0 aromatic carbocycles. The third-order valence-corrected chi connectivity index (χ3v) is 8.59. The average molecular weight is 475 g/mol. The first-order valence-corrected chi connectivity index (χ1v) is 13.1. The standard InChI is InChI=1S/C27H34N6O2/c1-2-19-11-20-5-3-7-27(13-19,14-20)15-25(34)29-22-6-4-8-33-24(22)12-23(30-33)26(35)31-9-10-32-18-28-16-21(32)17-31/h4,6,8,12,16,18-20H,2-3,5,7,9-11,13-15,17H2,1H3,(H,29,34). The van der Waals surface area contributed by atoms with Gasteiger partial charge in [-0.05, 0) is 61.1 Å². The van der Waals surface area contributed by atoms with Gasteiger partial charge in [0.15, 0.2) is 5.69 Å². The molecule has 3 aliphatic rings. The number of pyridine rings is 1. The molecule has 184 valence electrons. The van der Waals surface area contributed by atoms with Crippen LogP contribution in [0.25, 0.3) is 5.52 Å². The summed E-state index contributed by atoms with van der Waals surface area (Å²) in [5.41, 5.74) is 3.04. The van der Waals surface area contributed by atoms with Gasteiger partial charge in [0.1, 0.15) is 0 Å². The Hall–Kier alpha value is -3.16. The maximum Gasteiger partial charge on any atom is 0.274 e. The molecule has 3 aromatic rings. The number of nitrogens with one attached hydrogen (secondary N) is 1. The van der Waals surface area contributed by atoms with Gasteiger partial charge in [-0.15, -0.1) is 0 Å². The number of hydrogen-bond donors (Lipinski definition) is 1. The topological polar surface area (TPSA) is 84.5 Å². The van der Waals surface area contributed by atoms with E-state index >= 15 is 0 Å². The fourth-order valence-electron chi connectivity index (χ4n) is 6.96. The zero-order valence-corrected chi connectivity index (χ0v) is 20.4. The van der Waals surface area contributed by atoms with E-state index in [-0.39, 0.29) is 17.2 Å². The van der Waals surface area contributed by atoms with Crippen LogP contribution in [-0.2, 0) is 17.9 Å². The second-order valence-corrected chi connectivity index (χ2v) is 11.0. The molecule has 4 heterocycles. The largest absolute Gasteiger partial charge is 0.331 e. The van der Waals surface area contributed by atoms with E-state index in [0.717, 1.165) is 36.0 Å². The molecular weight excluding hydrogens is 440 g/mol. The number of amides is 2. The van der Waals surface area contributed by atoms with Crippen LogP contribution >= 0.6 is 0 Å². The molecule has 3 aromatic heterocycles. The van der Waals surface area contributed by atoms with E-state index in [1.165, 1.54) is 38.5 Å². The predicted molar refractivity (Wildman–Crippen MR) is 133 cm³/mol. The highest BCUT2D eigenvalue weighted by atomic mass is 16.2. The van der Waals surface area contributed by atoms with Gasteiger partial charge < -0.3 is 14.8 Å². The molecule has 3 unspecified atom stereocenters. The average Bonchev–Trinajstić information content (AvgIpc) is 3.50. The van der Waals surface area contributed by atoms with Crippen LogP contribution in [-0.4, -0.2) is 42.4 Å². The first-order valence-electron chi connectivity index (χ1n) is 13.1. The maximum absolute atomic E-state index is 13.3. The highest BCUT2D eigenvalue weighted by Crippen LogP contribution is 2.53. The van der Waals surface area contributed by atoms with E-state index in [0.29, 0.717) is 30.9 Å². The van der Waals surface area contributed by atoms with Crippen LogP contribution < -0.4 is 5.32 Å². The molecule has 2 saturated carbocycles. The molecule has 2 aliphatic carbocycles. The summed E-state index contributed by atoms with van der Waals surface area (Å²) in [6.07, 6.45) is 14.7. The Kier molecular flexibility index (Phi) is 5.61. The van der Waals surface area contributed by atoms with Gasteiger partial charge in [0.2, 0.25) is 5.91 Å². The molecule has 8 nitrogen and oxygen atoms in total. The molecule has 6 rings (SSSR count). The first-order chi connectivity index (χ1) is 17.0. The van der Waals surface area contributed by atoms with E-state index in [9.17, 15) is 9.59 Å². The summed E-state index contributed by atoms with van der Waals surface area (Å²) in [5.74, 6) is 1.52. The number of imidazole rings is 1. The van der Waals surface area contributed by atoms with Crippen molar-refractivity contribution in [2.24, 2.45) is 17.3 Å². The quantitative estimate of drug-likeness (QED) is 0.590. The minimum atomic E-state index is -0.0987. The fourth-order valence-corrected chi connectivity index (χ4v) is 6.96. The van der Waals surface area contributed by atoms with E-state index < -0.39 is 0 Å². The summed E-state index contributed by atoms with van der Waals surface area (Å²) >= 11 is 0. The highest BCUT2D eigenvalue weighted by Gasteiger charge is 2.43. The Balaban J connectivity index is 1.19. The van der Waals surface area contributed by atoms with Crippen LogP contribution in [0.3, 0.4) is 0 Å². The lowest BCUT2D eigenvalue weighted by atomic mass is 9.57. The van der Waals surface area contributed by atoms with Crippen LogP contribution in [0.2, 0.25) is 0 Å². The van der Waals surface area contributed by atoms with Crippen LogP contribution in [0.15, 0.2) is 36.9 Å². The minimum absolute atomic E-state index is 0.0777. The lowest BCUT2D eigenvalue weighted by molar-refractivity contribution is -0.120. The number of aromatic nitrogens is 4. The third kappa shape index (κ3) is 4.23. The van der Waals surface area contributed by atoms with Crippen molar-refractivity contribution in [2.45, 2.75) is 71.4 Å². The van der Waals surface area contributed by atoms with Gasteiger partial charge in [0, 0.05) is 31.9 Å². The van der Waals surface area contributed by atoms with Crippen molar-refractivity contribution < 1.29 is 9.59 Å². The van der Waals surface area contributed by atoms with E-state index in [1.54, 1.807) is 23.1 Å². The second-order valence-electron chi connectivity index (χ2n) is 11.0. The van der Waals surface area contributed by atoms with Gasteiger partial charge in [-0.1, -0.05) is 26.2 Å². The molecule has 0 spiro atoms. The van der Waals surface area contributed by atoms with Crippen LogP contribution in [0.4, 0.5) is 5.69 Å². The highest BCUT2D eigenvalue weighted by molar-refractivity contribution is 5.98. The zero-order valence-electron chi connectivity index (χ0n) is 20.4. The number of nitrogens with zero attached hydrogens (tertiary/aromatic N) is 5. The lowest BCUT2D eigenvalue weighted by Gasteiger charge is -2.48. The number of rotatable bonds is 5. The molecule has 3 atom stereocenters. The van der Waals surface area contributed by atoms with E-state index in [4.69, 9.17) is 0 Å². The van der Waals surface area contributed by atoms with Crippen molar-refractivity contribution in [1.82, 2.24) is 24.1 Å². The van der Waals surface area contributed by atoms with Gasteiger partial charge in [0.05, 0.1) is 29.8 Å². The van der Waals surface area contributed by atoms with Gasteiger partial charge >= 0.3 is 0 Å². The van der Waals surface area contributed by atoms with Crippen molar-refractivity contribution in [1.29, 1.82) is 0 Å². The summed E-state index contributed by atoms with van der Waals surface area (Å²) in [6.45, 7) is 4.17. The Morgan fingerprint density at radius 3 is 3.06 bits per heavy atom. The van der Waals surface area contributed by atoms with E-state index in [2.05, 4.69) is 26.9 Å². The smallest absolute Gasteiger partial charge is 0.274 e. The Morgan fingerprint density at radius 1 is 1.26 bits per heavy atom. The first kappa shape index (κ1) is 22.3. The minimum Gasteiger partial charge on any atom is -0.331 e. The predicted octanol–water partition coefficient (Wildman–Crippen LogP) is 4.51. The number of hydrogen-bond acceptors (Lipinski definition) is 4. The number of carbonyl (C=O) groups excluding carboxylic acids is 2. The molecule has 2 bridgehead atoms. The normalized spacial score (nSPS) is 25.9.